The molecule has 0 unspecified atom stereocenters. The van der Waals surface area contributed by atoms with Gasteiger partial charge in [-0.25, -0.2) is 4.98 Å². The Balaban J connectivity index is 0.00000118. The van der Waals surface area contributed by atoms with E-state index in [1.165, 1.54) is 55.4 Å². The van der Waals surface area contributed by atoms with Crippen LogP contribution in [-0.2, 0) is 6.18 Å². The van der Waals surface area contributed by atoms with Gasteiger partial charge in [-0.3, -0.25) is 0 Å². The molecule has 0 radical (unpaired) electrons. The molecule has 190 valence electrons. The lowest BCUT2D eigenvalue weighted by Crippen LogP contribution is -2.08. The maximum atomic E-state index is 13.3. The Morgan fingerprint density at radius 2 is 1.76 bits per heavy atom. The lowest BCUT2D eigenvalue weighted by molar-refractivity contribution is -0.137. The zero-order chi connectivity index (χ0) is 26.0. The summed E-state index contributed by atoms with van der Waals surface area (Å²) in [5.41, 5.74) is 6.78. The van der Waals surface area contributed by atoms with Crippen molar-refractivity contribution in [3.05, 3.63) is 64.8 Å². The summed E-state index contributed by atoms with van der Waals surface area (Å²) in [5, 5.41) is 5.30. The fourth-order valence-electron chi connectivity index (χ4n) is 2.69. The Bertz CT molecular complexity index is 893. The van der Waals surface area contributed by atoms with Crippen LogP contribution in [-0.4, -0.2) is 4.98 Å². The van der Waals surface area contributed by atoms with Crippen LogP contribution in [0.25, 0.3) is 11.6 Å². The fraction of sp³-hybridized carbons (Fsp3) is 0.444. The molecule has 0 fully saturated rings. The monoisotopic (exact) mass is 495 g/mol. The molecule has 0 amide bonds. The van der Waals surface area contributed by atoms with Gasteiger partial charge in [0.25, 0.3) is 0 Å². The Kier molecular flexibility index (Phi) is 16.5. The lowest BCUT2D eigenvalue weighted by atomic mass is 10.1. The van der Waals surface area contributed by atoms with Crippen LogP contribution in [0.2, 0.25) is 0 Å². The number of unbranched alkanes of at least 4 members (excludes halogenated alkanes) is 3. The molecule has 0 spiro atoms. The van der Waals surface area contributed by atoms with Crippen molar-refractivity contribution < 1.29 is 13.2 Å². The number of allylic oxidation sites excluding steroid dienone is 4. The van der Waals surface area contributed by atoms with Gasteiger partial charge in [-0.1, -0.05) is 84.6 Å². The first-order chi connectivity index (χ1) is 16.3. The quantitative estimate of drug-likeness (QED) is 0.269. The number of halogens is 3. The van der Waals surface area contributed by atoms with Gasteiger partial charge in [0, 0.05) is 11.1 Å². The number of anilines is 2. The van der Waals surface area contributed by atoms with Crippen molar-refractivity contribution in [1.29, 1.82) is 0 Å². The van der Waals surface area contributed by atoms with E-state index in [1.54, 1.807) is 18.2 Å². The molecule has 2 aromatic rings. The average Bonchev–Trinajstić information content (AvgIpc) is 3.30. The molecule has 1 heterocycles. The molecule has 2 rings (SSSR count). The third-order valence-corrected chi connectivity index (χ3v) is 5.22. The van der Waals surface area contributed by atoms with E-state index in [-0.39, 0.29) is 5.56 Å². The number of thiazole rings is 1. The Hall–Kier alpha value is -2.54. The van der Waals surface area contributed by atoms with Crippen LogP contribution in [0.4, 0.5) is 24.0 Å². The molecule has 0 atom stereocenters. The van der Waals surface area contributed by atoms with Crippen molar-refractivity contribution in [1.82, 2.24) is 4.98 Å². The summed E-state index contributed by atoms with van der Waals surface area (Å²) < 4.78 is 40.0. The van der Waals surface area contributed by atoms with E-state index in [1.807, 2.05) is 39.2 Å². The molecule has 7 heteroatoms. The molecule has 1 aromatic carbocycles. The highest BCUT2D eigenvalue weighted by atomic mass is 32.1. The maximum Gasteiger partial charge on any atom is 0.417 e. The second-order valence-corrected chi connectivity index (χ2v) is 8.07. The van der Waals surface area contributed by atoms with Crippen LogP contribution in [0.5, 0.6) is 0 Å². The highest BCUT2D eigenvalue weighted by molar-refractivity contribution is 7.13. The molecule has 1 aromatic heterocycles. The van der Waals surface area contributed by atoms with Crippen molar-refractivity contribution in [3.63, 3.8) is 0 Å². The third-order valence-electron chi connectivity index (χ3n) is 4.47. The Morgan fingerprint density at radius 1 is 1.12 bits per heavy atom. The smallest absolute Gasteiger partial charge is 0.405 e. The highest BCUT2D eigenvalue weighted by Crippen LogP contribution is 2.35. The SMILES string of the molecule is CC.CC/C=C/c1ccc(Nc2nc(/C(C)=C/C=C\N)cs2)cc1C(F)(F)F.CCCCCC. The predicted octanol–water partition coefficient (Wildman–Crippen LogP) is 9.82. The number of aromatic nitrogens is 1. The van der Waals surface area contributed by atoms with Gasteiger partial charge in [-0.05, 0) is 48.9 Å². The van der Waals surface area contributed by atoms with E-state index in [0.29, 0.717) is 17.2 Å². The minimum atomic E-state index is -4.42. The normalized spacial score (nSPS) is 11.7. The topological polar surface area (TPSA) is 50.9 Å². The summed E-state index contributed by atoms with van der Waals surface area (Å²) in [7, 11) is 0. The number of alkyl halides is 3. The second-order valence-electron chi connectivity index (χ2n) is 7.21. The van der Waals surface area contributed by atoms with Gasteiger partial charge in [0.2, 0.25) is 0 Å². The van der Waals surface area contributed by atoms with Gasteiger partial charge < -0.3 is 11.1 Å². The van der Waals surface area contributed by atoms with E-state index < -0.39 is 11.7 Å². The van der Waals surface area contributed by atoms with E-state index in [2.05, 4.69) is 24.1 Å². The first kappa shape index (κ1) is 31.5. The maximum absolute atomic E-state index is 13.3. The molecular weight excluding hydrogens is 455 g/mol. The van der Waals surface area contributed by atoms with Gasteiger partial charge in [0.05, 0.1) is 11.3 Å². The Morgan fingerprint density at radius 3 is 2.29 bits per heavy atom. The number of hydrogen-bond acceptors (Lipinski definition) is 4. The number of nitrogens with one attached hydrogen (secondary N) is 1. The van der Waals surface area contributed by atoms with E-state index in [9.17, 15) is 13.2 Å². The van der Waals surface area contributed by atoms with Crippen molar-refractivity contribution >= 4 is 33.8 Å². The summed E-state index contributed by atoms with van der Waals surface area (Å²) in [5.74, 6) is 0. The average molecular weight is 496 g/mol. The first-order valence-electron chi connectivity index (χ1n) is 11.9. The van der Waals surface area contributed by atoms with E-state index >= 15 is 0 Å². The van der Waals surface area contributed by atoms with Gasteiger partial charge in [0.15, 0.2) is 5.13 Å². The number of benzene rings is 1. The summed E-state index contributed by atoms with van der Waals surface area (Å²) in [6.07, 6.45) is 9.91. The molecule has 0 saturated carbocycles. The minimum Gasteiger partial charge on any atom is -0.405 e. The van der Waals surface area contributed by atoms with Gasteiger partial charge >= 0.3 is 6.18 Å². The van der Waals surface area contributed by atoms with E-state index in [0.717, 1.165) is 17.3 Å². The summed E-state index contributed by atoms with van der Waals surface area (Å²) in [6, 6.07) is 4.19. The molecule has 0 aliphatic heterocycles. The lowest BCUT2D eigenvalue weighted by Gasteiger charge is -2.13. The minimum absolute atomic E-state index is 0.150. The van der Waals surface area contributed by atoms with Gasteiger partial charge in [-0.15, -0.1) is 11.3 Å². The predicted molar refractivity (Wildman–Crippen MR) is 144 cm³/mol. The van der Waals surface area contributed by atoms with Gasteiger partial charge in [-0.2, -0.15) is 13.2 Å². The number of hydrogen-bond donors (Lipinski definition) is 2. The third kappa shape index (κ3) is 12.1. The molecule has 0 saturated heterocycles. The molecule has 3 nitrogen and oxygen atoms in total. The van der Waals surface area contributed by atoms with Crippen LogP contribution in [0, 0.1) is 0 Å². The van der Waals surface area contributed by atoms with Crippen LogP contribution < -0.4 is 11.1 Å². The summed E-state index contributed by atoms with van der Waals surface area (Å²) in [6.45, 7) is 12.2. The van der Waals surface area contributed by atoms with Crippen LogP contribution in [0.1, 0.15) is 90.5 Å². The highest BCUT2D eigenvalue weighted by Gasteiger charge is 2.33. The van der Waals surface area contributed by atoms with Gasteiger partial charge in [0.1, 0.15) is 0 Å². The van der Waals surface area contributed by atoms with Crippen molar-refractivity contribution in [2.24, 2.45) is 5.73 Å². The van der Waals surface area contributed by atoms with Crippen molar-refractivity contribution in [2.75, 3.05) is 5.32 Å². The zero-order valence-electron chi connectivity index (χ0n) is 21.3. The molecule has 0 aliphatic carbocycles. The summed E-state index contributed by atoms with van der Waals surface area (Å²) >= 11 is 1.32. The zero-order valence-corrected chi connectivity index (χ0v) is 22.1. The number of rotatable bonds is 9. The number of nitrogens with two attached hydrogens (primary N) is 1. The van der Waals surface area contributed by atoms with Crippen molar-refractivity contribution in [3.8, 4) is 0 Å². The van der Waals surface area contributed by atoms with Crippen LogP contribution >= 0.6 is 11.3 Å². The van der Waals surface area contributed by atoms with E-state index in [4.69, 9.17) is 5.73 Å². The molecule has 3 N–H and O–H groups in total. The molecular formula is C27H40F3N3S. The van der Waals surface area contributed by atoms with Crippen molar-refractivity contribution in [2.45, 2.75) is 79.8 Å². The first-order valence-corrected chi connectivity index (χ1v) is 12.8. The molecule has 34 heavy (non-hydrogen) atoms. The number of nitrogens with zero attached hydrogens (tertiary/aromatic N) is 1. The largest absolute Gasteiger partial charge is 0.417 e. The van der Waals surface area contributed by atoms with Crippen LogP contribution in [0.3, 0.4) is 0 Å². The summed E-state index contributed by atoms with van der Waals surface area (Å²) in [4.78, 5) is 4.39. The standard InChI is InChI=1S/C19H20F3N3S.C6H14.C2H6/c1-3-4-7-14-8-9-15(11-16(14)19(20,21)22)24-18-25-17(12-26-18)13(2)6-5-10-23;1-3-5-6-4-2;1-2/h4-12H,3,23H2,1-2H3,(H,24,25);3-6H2,1-2H3;1-2H3/b7-4+,10-5-,13-6+;;. The Labute approximate surface area is 207 Å². The fourth-order valence-corrected chi connectivity index (χ4v) is 3.48. The molecule has 0 bridgehead atoms. The molecule has 0 aliphatic rings. The second kappa shape index (κ2) is 17.9. The van der Waals surface area contributed by atoms with Crippen LogP contribution in [0.15, 0.2) is 48.0 Å².